The predicted molar refractivity (Wildman–Crippen MR) is 85.5 cm³/mol. The van der Waals surface area contributed by atoms with Crippen LogP contribution in [-0.2, 0) is 6.54 Å². The molecule has 8 heteroatoms. The topological polar surface area (TPSA) is 83.5 Å². The minimum Gasteiger partial charge on any atom is -0.409 e. The van der Waals surface area contributed by atoms with Gasteiger partial charge in [0.05, 0.1) is 15.7 Å². The summed E-state index contributed by atoms with van der Waals surface area (Å²) in [4.78, 5) is 4.00. The average molecular weight is 346 g/mol. The van der Waals surface area contributed by atoms with Crippen LogP contribution in [0.4, 0.5) is 5.69 Å². The zero-order valence-corrected chi connectivity index (χ0v) is 12.9. The van der Waals surface area contributed by atoms with Gasteiger partial charge in [-0.1, -0.05) is 40.0 Å². The molecule has 0 saturated carbocycles. The second-order valence-electron chi connectivity index (χ2n) is 4.13. The third-order valence-electron chi connectivity index (χ3n) is 2.67. The number of anilines is 1. The highest BCUT2D eigenvalue weighted by molar-refractivity contribution is 6.41. The maximum atomic E-state index is 8.65. The minimum absolute atomic E-state index is 0.0561. The van der Waals surface area contributed by atoms with E-state index in [-0.39, 0.29) is 5.84 Å². The maximum absolute atomic E-state index is 8.65. The van der Waals surface area contributed by atoms with Crippen molar-refractivity contribution in [3.05, 3.63) is 56.8 Å². The van der Waals surface area contributed by atoms with E-state index in [1.165, 1.54) is 0 Å². The van der Waals surface area contributed by atoms with Crippen molar-refractivity contribution in [3.63, 3.8) is 0 Å². The van der Waals surface area contributed by atoms with Crippen LogP contribution in [0.2, 0.25) is 15.1 Å². The van der Waals surface area contributed by atoms with E-state index in [9.17, 15) is 0 Å². The van der Waals surface area contributed by atoms with Crippen LogP contribution in [0.3, 0.4) is 0 Å². The van der Waals surface area contributed by atoms with Gasteiger partial charge in [-0.15, -0.1) is 0 Å². The van der Waals surface area contributed by atoms with Crippen LogP contribution in [-0.4, -0.2) is 16.0 Å². The van der Waals surface area contributed by atoms with Gasteiger partial charge < -0.3 is 16.3 Å². The molecule has 0 atom stereocenters. The molecule has 0 saturated heterocycles. The van der Waals surface area contributed by atoms with Crippen LogP contribution in [0.5, 0.6) is 0 Å². The molecule has 0 aliphatic rings. The number of nitrogens with one attached hydrogen (secondary N) is 1. The standard InChI is InChI=1S/C13H11Cl3N4O/c14-8-4-9(15)12(10(16)5-8)19-6-7-1-2-18-11(3-7)13(17)20-21/h1-5,19,21H,6H2,(H2,17,20). The Morgan fingerprint density at radius 2 is 1.90 bits per heavy atom. The molecular weight excluding hydrogens is 335 g/mol. The molecule has 0 fully saturated rings. The van der Waals surface area contributed by atoms with Gasteiger partial charge in [-0.3, -0.25) is 4.98 Å². The Bertz CT molecular complexity index is 668. The molecule has 1 aromatic heterocycles. The van der Waals surface area contributed by atoms with Crippen molar-refractivity contribution >= 4 is 46.3 Å². The fourth-order valence-corrected chi connectivity index (χ4v) is 2.63. The summed E-state index contributed by atoms with van der Waals surface area (Å²) in [6, 6.07) is 6.69. The van der Waals surface area contributed by atoms with E-state index in [1.807, 2.05) is 0 Å². The zero-order chi connectivity index (χ0) is 15.4. The third-order valence-corrected chi connectivity index (χ3v) is 3.49. The lowest BCUT2D eigenvalue weighted by atomic mass is 10.2. The van der Waals surface area contributed by atoms with E-state index >= 15 is 0 Å². The molecule has 0 aliphatic carbocycles. The van der Waals surface area contributed by atoms with Crippen molar-refractivity contribution in [2.24, 2.45) is 10.9 Å². The van der Waals surface area contributed by atoms with Crippen LogP contribution < -0.4 is 11.1 Å². The normalized spacial score (nSPS) is 11.5. The van der Waals surface area contributed by atoms with E-state index in [4.69, 9.17) is 45.7 Å². The van der Waals surface area contributed by atoms with E-state index in [1.54, 1.807) is 30.5 Å². The van der Waals surface area contributed by atoms with Gasteiger partial charge in [-0.05, 0) is 29.8 Å². The average Bonchev–Trinajstić information content (AvgIpc) is 2.45. The Kier molecular flexibility index (Phi) is 5.12. The first-order chi connectivity index (χ1) is 10.0. The highest BCUT2D eigenvalue weighted by atomic mass is 35.5. The fraction of sp³-hybridized carbons (Fsp3) is 0.0769. The number of nitrogens with two attached hydrogens (primary N) is 1. The highest BCUT2D eigenvalue weighted by Crippen LogP contribution is 2.33. The summed E-state index contributed by atoms with van der Waals surface area (Å²) in [5.74, 6) is -0.0561. The van der Waals surface area contributed by atoms with Crippen molar-refractivity contribution in [3.8, 4) is 0 Å². The van der Waals surface area contributed by atoms with Crippen molar-refractivity contribution in [2.45, 2.75) is 6.54 Å². The van der Waals surface area contributed by atoms with Crippen molar-refractivity contribution in [1.82, 2.24) is 4.98 Å². The molecule has 1 aromatic carbocycles. The first kappa shape index (κ1) is 15.7. The summed E-state index contributed by atoms with van der Waals surface area (Å²) < 4.78 is 0. The number of halogens is 3. The van der Waals surface area contributed by atoms with Gasteiger partial charge in [0, 0.05) is 17.8 Å². The number of hydrogen-bond donors (Lipinski definition) is 3. The Labute approximate surface area is 136 Å². The van der Waals surface area contributed by atoms with Crippen LogP contribution in [0.15, 0.2) is 35.6 Å². The van der Waals surface area contributed by atoms with Gasteiger partial charge in [-0.25, -0.2) is 0 Å². The number of amidine groups is 1. The van der Waals surface area contributed by atoms with Gasteiger partial charge in [0.1, 0.15) is 5.69 Å². The van der Waals surface area contributed by atoms with Gasteiger partial charge >= 0.3 is 0 Å². The maximum Gasteiger partial charge on any atom is 0.188 e. The molecule has 0 spiro atoms. The van der Waals surface area contributed by atoms with E-state index < -0.39 is 0 Å². The van der Waals surface area contributed by atoms with Gasteiger partial charge in [0.15, 0.2) is 5.84 Å². The van der Waals surface area contributed by atoms with Gasteiger partial charge in [0.25, 0.3) is 0 Å². The molecule has 5 nitrogen and oxygen atoms in total. The second-order valence-corrected chi connectivity index (χ2v) is 5.38. The number of rotatable bonds is 4. The quantitative estimate of drug-likeness (QED) is 0.341. The van der Waals surface area contributed by atoms with Crippen LogP contribution in [0.25, 0.3) is 0 Å². The SMILES string of the molecule is NC(=NO)c1cc(CNc2c(Cl)cc(Cl)cc2Cl)ccn1. The lowest BCUT2D eigenvalue weighted by Crippen LogP contribution is -2.15. The summed E-state index contributed by atoms with van der Waals surface area (Å²) in [5.41, 5.74) is 7.33. The Morgan fingerprint density at radius 3 is 2.52 bits per heavy atom. The molecule has 0 unspecified atom stereocenters. The largest absolute Gasteiger partial charge is 0.409 e. The molecule has 2 rings (SSSR count). The van der Waals surface area contributed by atoms with Gasteiger partial charge in [0.2, 0.25) is 0 Å². The predicted octanol–water partition coefficient (Wildman–Crippen LogP) is 3.75. The zero-order valence-electron chi connectivity index (χ0n) is 10.6. The van der Waals surface area contributed by atoms with Crippen molar-refractivity contribution in [2.75, 3.05) is 5.32 Å². The first-order valence-electron chi connectivity index (χ1n) is 5.82. The lowest BCUT2D eigenvalue weighted by molar-refractivity contribution is 0.318. The summed E-state index contributed by atoms with van der Waals surface area (Å²) in [7, 11) is 0. The summed E-state index contributed by atoms with van der Waals surface area (Å²) in [6.45, 7) is 0.440. The fourth-order valence-electron chi connectivity index (χ4n) is 1.68. The summed E-state index contributed by atoms with van der Waals surface area (Å²) >= 11 is 18.0. The number of pyridine rings is 1. The number of aromatic nitrogens is 1. The smallest absolute Gasteiger partial charge is 0.188 e. The van der Waals surface area contributed by atoms with Crippen LogP contribution in [0, 0.1) is 0 Å². The van der Waals surface area contributed by atoms with Crippen molar-refractivity contribution < 1.29 is 5.21 Å². The molecule has 0 radical (unpaired) electrons. The van der Waals surface area contributed by atoms with Crippen LogP contribution in [0.1, 0.15) is 11.3 Å². The Morgan fingerprint density at radius 1 is 1.24 bits per heavy atom. The molecule has 110 valence electrons. The number of hydrogen-bond acceptors (Lipinski definition) is 4. The number of oxime groups is 1. The van der Waals surface area contributed by atoms with Crippen LogP contribution >= 0.6 is 34.8 Å². The molecule has 1 heterocycles. The molecule has 0 amide bonds. The molecule has 4 N–H and O–H groups in total. The summed E-state index contributed by atoms with van der Waals surface area (Å²) in [6.07, 6.45) is 1.56. The third kappa shape index (κ3) is 3.91. The molecule has 0 aliphatic heterocycles. The first-order valence-corrected chi connectivity index (χ1v) is 6.96. The van der Waals surface area contributed by atoms with Gasteiger partial charge in [-0.2, -0.15) is 0 Å². The monoisotopic (exact) mass is 344 g/mol. The molecular formula is C13H11Cl3N4O. The minimum atomic E-state index is -0.0561. The molecule has 21 heavy (non-hydrogen) atoms. The van der Waals surface area contributed by atoms with E-state index in [2.05, 4.69) is 15.5 Å². The Hall–Kier alpha value is -1.69. The summed E-state index contributed by atoms with van der Waals surface area (Å²) in [5, 5.41) is 16.0. The van der Waals surface area contributed by atoms with E-state index in [0.717, 1.165) is 5.56 Å². The van der Waals surface area contributed by atoms with Crippen molar-refractivity contribution in [1.29, 1.82) is 0 Å². The highest BCUT2D eigenvalue weighted by Gasteiger charge is 2.08. The number of benzene rings is 1. The molecule has 2 aromatic rings. The Balaban J connectivity index is 2.17. The molecule has 0 bridgehead atoms. The van der Waals surface area contributed by atoms with E-state index in [0.29, 0.717) is 33.0 Å². The second kappa shape index (κ2) is 6.85. The lowest BCUT2D eigenvalue weighted by Gasteiger charge is -2.11. The number of nitrogens with zero attached hydrogens (tertiary/aromatic N) is 2.